The quantitative estimate of drug-likeness (QED) is 0.659. The zero-order chi connectivity index (χ0) is 24.9. The predicted octanol–water partition coefficient (Wildman–Crippen LogP) is 3.64. The normalized spacial score (nSPS) is 18.4. The number of hydrazone groups is 1. The number of anilines is 1. The van der Waals surface area contributed by atoms with Gasteiger partial charge < -0.3 is 24.8 Å². The molecule has 188 valence electrons. The number of hydrogen-bond donors (Lipinski definition) is 2. The Morgan fingerprint density at radius 2 is 1.77 bits per heavy atom. The average molecular weight is 481 g/mol. The van der Waals surface area contributed by atoms with Gasteiger partial charge in [-0.15, -0.1) is 0 Å². The van der Waals surface area contributed by atoms with Crippen LogP contribution in [0.1, 0.15) is 42.9 Å². The number of hydrogen-bond acceptors (Lipinski definition) is 6. The molecule has 2 aliphatic heterocycles. The van der Waals surface area contributed by atoms with Crippen molar-refractivity contribution in [2.45, 2.75) is 38.6 Å². The maximum atomic E-state index is 12.7. The van der Waals surface area contributed by atoms with Gasteiger partial charge in [-0.3, -0.25) is 0 Å². The summed E-state index contributed by atoms with van der Waals surface area (Å²) < 4.78 is 11.1. The van der Waals surface area contributed by atoms with E-state index in [1.54, 1.807) is 21.3 Å². The Morgan fingerprint density at radius 3 is 2.37 bits per heavy atom. The molecule has 0 radical (unpaired) electrons. The number of benzene rings is 2. The first kappa shape index (κ1) is 24.9. The van der Waals surface area contributed by atoms with Gasteiger partial charge in [0.15, 0.2) is 11.5 Å². The van der Waals surface area contributed by atoms with Crippen molar-refractivity contribution in [1.82, 2.24) is 10.3 Å². The number of ether oxygens (including phenoxy) is 2. The minimum Gasteiger partial charge on any atom is -0.493 e. The highest BCUT2D eigenvalue weighted by Gasteiger charge is 2.28. The molecule has 2 N–H and O–H groups in total. The Hall–Kier alpha value is -3.26. The van der Waals surface area contributed by atoms with Crippen molar-refractivity contribution >= 4 is 17.4 Å². The van der Waals surface area contributed by atoms with Crippen LogP contribution in [0.15, 0.2) is 41.5 Å². The van der Waals surface area contributed by atoms with Gasteiger partial charge >= 0.3 is 6.03 Å². The van der Waals surface area contributed by atoms with E-state index >= 15 is 0 Å². The van der Waals surface area contributed by atoms with E-state index in [1.165, 1.54) is 10.7 Å². The van der Waals surface area contributed by atoms with Crippen molar-refractivity contribution in [3.63, 3.8) is 0 Å². The van der Waals surface area contributed by atoms with Crippen LogP contribution in [0.3, 0.4) is 0 Å². The van der Waals surface area contributed by atoms with Crippen molar-refractivity contribution in [3.05, 3.63) is 53.1 Å². The summed E-state index contributed by atoms with van der Waals surface area (Å²) >= 11 is 0. The Bertz CT molecular complexity index is 1060. The second kappa shape index (κ2) is 11.0. The Labute approximate surface area is 207 Å². The highest BCUT2D eigenvalue weighted by Crippen LogP contribution is 2.35. The first-order valence-electron chi connectivity index (χ1n) is 12.3. The zero-order valence-electron chi connectivity index (χ0n) is 21.1. The smallest absolute Gasteiger partial charge is 0.337 e. The highest BCUT2D eigenvalue weighted by atomic mass is 16.5. The first-order chi connectivity index (χ1) is 17.0. The fraction of sp³-hybridized carbons (Fsp3) is 0.481. The van der Waals surface area contributed by atoms with Gasteiger partial charge in [-0.25, -0.2) is 9.80 Å². The molecule has 4 rings (SSSR count). The molecule has 0 aromatic heterocycles. The number of methoxy groups -OCH3 is 2. The lowest BCUT2D eigenvalue weighted by Gasteiger charge is -2.33. The summed E-state index contributed by atoms with van der Waals surface area (Å²) in [7, 11) is 4.87. The molecule has 1 unspecified atom stereocenters. The second-order valence-electron chi connectivity index (χ2n) is 9.26. The Morgan fingerprint density at radius 1 is 1.11 bits per heavy atom. The first-order valence-corrected chi connectivity index (χ1v) is 12.3. The lowest BCUT2D eigenvalue weighted by atomic mass is 9.92. The fourth-order valence-corrected chi connectivity index (χ4v) is 5.04. The molecule has 2 amide bonds. The van der Waals surface area contributed by atoms with Crippen molar-refractivity contribution in [2.75, 3.05) is 45.9 Å². The van der Waals surface area contributed by atoms with E-state index in [0.717, 1.165) is 54.8 Å². The summed E-state index contributed by atoms with van der Waals surface area (Å²) in [6, 6.07) is 12.0. The van der Waals surface area contributed by atoms with Gasteiger partial charge in [-0.1, -0.05) is 12.1 Å². The number of piperidine rings is 1. The topological polar surface area (TPSA) is 86.6 Å². The van der Waals surface area contributed by atoms with E-state index < -0.39 is 0 Å². The highest BCUT2D eigenvalue weighted by molar-refractivity contribution is 6.14. The van der Waals surface area contributed by atoms with Crippen LogP contribution in [0, 0.1) is 5.92 Å². The molecule has 1 atom stereocenters. The molecule has 0 aliphatic carbocycles. The van der Waals surface area contributed by atoms with Crippen LogP contribution < -0.4 is 19.7 Å². The van der Waals surface area contributed by atoms with Gasteiger partial charge in [-0.05, 0) is 68.4 Å². The van der Waals surface area contributed by atoms with E-state index in [2.05, 4.69) is 34.5 Å². The van der Waals surface area contributed by atoms with Crippen LogP contribution in [-0.2, 0) is 6.42 Å². The molecular weight excluding hydrogens is 444 g/mol. The average Bonchev–Trinajstić information content (AvgIpc) is 3.03. The molecule has 1 saturated heterocycles. The number of carbonyl (C=O) groups excluding carboxylic acids is 1. The summed E-state index contributed by atoms with van der Waals surface area (Å²) in [6.45, 7) is 4.25. The van der Waals surface area contributed by atoms with Crippen LogP contribution >= 0.6 is 0 Å². The van der Waals surface area contributed by atoms with Crippen molar-refractivity contribution < 1.29 is 19.4 Å². The predicted molar refractivity (Wildman–Crippen MR) is 138 cm³/mol. The molecule has 8 heteroatoms. The van der Waals surface area contributed by atoms with E-state index in [0.29, 0.717) is 23.8 Å². The number of urea groups is 1. The monoisotopic (exact) mass is 480 g/mol. The number of amides is 2. The number of rotatable bonds is 6. The minimum absolute atomic E-state index is 0.135. The molecule has 2 heterocycles. The number of aliphatic hydroxyl groups excluding tert-OH is 1. The van der Waals surface area contributed by atoms with Crippen molar-refractivity contribution in [1.29, 1.82) is 0 Å². The van der Waals surface area contributed by atoms with E-state index in [4.69, 9.17) is 14.6 Å². The molecule has 2 aromatic rings. The molecule has 1 fully saturated rings. The number of fused-ring (bicyclic) bond motifs is 1. The third kappa shape index (κ3) is 5.22. The maximum absolute atomic E-state index is 12.7. The maximum Gasteiger partial charge on any atom is 0.337 e. The molecule has 0 saturated carbocycles. The van der Waals surface area contributed by atoms with Crippen LogP contribution in [-0.4, -0.2) is 68.9 Å². The standard InChI is InChI=1S/C27H36N4O4/c1-18-15-21-16-24(34-3)25(35-4)17-23(21)26(29-31(18)27(33)28-2)20-5-7-22(8-6-20)30-12-9-19(10-13-30)11-14-32/h5-8,16-19,32H,9-15H2,1-4H3,(H,28,33). The Balaban J connectivity index is 1.70. The number of nitrogens with one attached hydrogen (secondary N) is 1. The lowest BCUT2D eigenvalue weighted by Crippen LogP contribution is -2.41. The molecule has 2 aromatic carbocycles. The van der Waals surface area contributed by atoms with Crippen molar-refractivity contribution in [2.24, 2.45) is 11.0 Å². The Kier molecular flexibility index (Phi) is 7.80. The van der Waals surface area contributed by atoms with E-state index in [9.17, 15) is 9.90 Å². The van der Waals surface area contributed by atoms with Crippen molar-refractivity contribution in [3.8, 4) is 11.5 Å². The molecule has 35 heavy (non-hydrogen) atoms. The molecule has 8 nitrogen and oxygen atoms in total. The zero-order valence-corrected chi connectivity index (χ0v) is 21.1. The summed E-state index contributed by atoms with van der Waals surface area (Å²) in [5.74, 6) is 1.89. The third-order valence-corrected chi connectivity index (χ3v) is 7.08. The summed E-state index contributed by atoms with van der Waals surface area (Å²) in [4.78, 5) is 15.1. The van der Waals surface area contributed by atoms with Gasteiger partial charge in [-0.2, -0.15) is 5.10 Å². The van der Waals surface area contributed by atoms with E-state index in [1.807, 2.05) is 19.1 Å². The van der Waals surface area contributed by atoms with Gasteiger partial charge in [0, 0.05) is 43.6 Å². The molecular formula is C27H36N4O4. The van der Waals surface area contributed by atoms with Gasteiger partial charge in [0.2, 0.25) is 0 Å². The SMILES string of the molecule is CNC(=O)N1N=C(c2ccc(N3CCC(CCO)CC3)cc2)c2cc(OC)c(OC)cc2CC1C. The number of nitrogens with zero attached hydrogens (tertiary/aromatic N) is 3. The van der Waals surface area contributed by atoms with Gasteiger partial charge in [0.1, 0.15) is 0 Å². The second-order valence-corrected chi connectivity index (χ2v) is 9.26. The summed E-state index contributed by atoms with van der Waals surface area (Å²) in [5.41, 5.74) is 4.81. The largest absolute Gasteiger partial charge is 0.493 e. The minimum atomic E-state index is -0.246. The summed E-state index contributed by atoms with van der Waals surface area (Å²) in [6.07, 6.45) is 3.73. The van der Waals surface area contributed by atoms with E-state index in [-0.39, 0.29) is 18.7 Å². The summed E-state index contributed by atoms with van der Waals surface area (Å²) in [5, 5.41) is 18.3. The third-order valence-electron chi connectivity index (χ3n) is 7.08. The van der Waals surface area contributed by atoms with Crippen LogP contribution in [0.2, 0.25) is 0 Å². The molecule has 0 bridgehead atoms. The van der Waals surface area contributed by atoms with Crippen LogP contribution in [0.4, 0.5) is 10.5 Å². The number of aliphatic hydroxyl groups is 1. The fourth-order valence-electron chi connectivity index (χ4n) is 5.04. The molecule has 0 spiro atoms. The number of carbonyl (C=O) groups is 1. The lowest BCUT2D eigenvalue weighted by molar-refractivity contribution is 0.184. The van der Waals surface area contributed by atoms with Crippen LogP contribution in [0.25, 0.3) is 0 Å². The van der Waals surface area contributed by atoms with Crippen LogP contribution in [0.5, 0.6) is 11.5 Å². The van der Waals surface area contributed by atoms with Gasteiger partial charge in [0.25, 0.3) is 0 Å². The molecule has 2 aliphatic rings. The van der Waals surface area contributed by atoms with Gasteiger partial charge in [0.05, 0.1) is 26.0 Å².